The first-order valence-corrected chi connectivity index (χ1v) is 9.49. The van der Waals surface area contributed by atoms with E-state index in [1.807, 2.05) is 26.8 Å². The molecule has 1 aromatic carbocycles. The van der Waals surface area contributed by atoms with Crippen LogP contribution >= 0.6 is 0 Å². The van der Waals surface area contributed by atoms with Crippen LogP contribution < -0.4 is 10.6 Å². The van der Waals surface area contributed by atoms with Crippen LogP contribution in [0.25, 0.3) is 0 Å². The van der Waals surface area contributed by atoms with Crippen LogP contribution in [0.15, 0.2) is 18.2 Å². The summed E-state index contributed by atoms with van der Waals surface area (Å²) in [5.41, 5.74) is 9.36. The highest BCUT2D eigenvalue weighted by Gasteiger charge is 2.46. The fraction of sp³-hybridized carbons (Fsp3) is 0.667. The van der Waals surface area contributed by atoms with Gasteiger partial charge in [-0.05, 0) is 88.5 Å². The van der Waals surface area contributed by atoms with Gasteiger partial charge in [0.15, 0.2) is 0 Å². The minimum atomic E-state index is -0.374. The third-order valence-corrected chi connectivity index (χ3v) is 5.70. The number of nitrogen functional groups attached to an aromatic ring is 1. The molecule has 0 bridgehead atoms. The topological polar surface area (TPSA) is 55.6 Å². The van der Waals surface area contributed by atoms with Crippen LogP contribution in [0.1, 0.15) is 58.4 Å². The van der Waals surface area contributed by atoms with Gasteiger partial charge in [0.1, 0.15) is 5.60 Å². The third-order valence-electron chi connectivity index (χ3n) is 5.70. The Balaban J connectivity index is 1.48. The summed E-state index contributed by atoms with van der Waals surface area (Å²) in [6.45, 7) is 10.1. The number of piperidine rings is 1. The standard InChI is InChI=1S/C21H32N2O2/c1-15-11-17(22)5-6-18(15)23-9-7-21(8-10-23)13-16(14-21)12-19(24)25-20(2,3)4/h5-6,11,16H,7-10,12-14,22H2,1-4H3. The molecule has 25 heavy (non-hydrogen) atoms. The Morgan fingerprint density at radius 3 is 2.48 bits per heavy atom. The fourth-order valence-corrected chi connectivity index (χ4v) is 4.59. The van der Waals surface area contributed by atoms with Gasteiger partial charge in [-0.25, -0.2) is 0 Å². The summed E-state index contributed by atoms with van der Waals surface area (Å²) in [6.07, 6.45) is 5.39. The Bertz CT molecular complexity index is 632. The van der Waals surface area contributed by atoms with Crippen LogP contribution in [-0.2, 0) is 9.53 Å². The van der Waals surface area contributed by atoms with Crippen molar-refractivity contribution in [3.05, 3.63) is 23.8 Å². The highest BCUT2D eigenvalue weighted by atomic mass is 16.6. The van der Waals surface area contributed by atoms with Gasteiger partial charge in [-0.15, -0.1) is 0 Å². The van der Waals surface area contributed by atoms with E-state index in [1.54, 1.807) is 0 Å². The van der Waals surface area contributed by atoms with E-state index < -0.39 is 0 Å². The summed E-state index contributed by atoms with van der Waals surface area (Å²) in [7, 11) is 0. The number of carbonyl (C=O) groups excluding carboxylic acids is 1. The molecule has 1 aromatic rings. The molecule has 1 spiro atoms. The second kappa shape index (κ2) is 6.54. The molecule has 0 radical (unpaired) electrons. The van der Waals surface area contributed by atoms with E-state index in [-0.39, 0.29) is 11.6 Å². The lowest BCUT2D eigenvalue weighted by Gasteiger charge is -2.52. The van der Waals surface area contributed by atoms with E-state index in [2.05, 4.69) is 24.0 Å². The van der Waals surface area contributed by atoms with Gasteiger partial charge in [0.2, 0.25) is 0 Å². The van der Waals surface area contributed by atoms with Crippen molar-refractivity contribution in [2.75, 3.05) is 23.7 Å². The monoisotopic (exact) mass is 344 g/mol. The van der Waals surface area contributed by atoms with Gasteiger partial charge in [0.25, 0.3) is 0 Å². The van der Waals surface area contributed by atoms with Crippen molar-refractivity contribution in [3.8, 4) is 0 Å². The van der Waals surface area contributed by atoms with Crippen molar-refractivity contribution >= 4 is 17.3 Å². The number of aryl methyl sites for hydroxylation is 1. The number of nitrogens with zero attached hydrogens (tertiary/aromatic N) is 1. The van der Waals surface area contributed by atoms with Gasteiger partial charge in [-0.2, -0.15) is 0 Å². The van der Waals surface area contributed by atoms with Crippen LogP contribution in [0.4, 0.5) is 11.4 Å². The molecule has 0 aromatic heterocycles. The van der Waals surface area contributed by atoms with E-state index in [9.17, 15) is 4.79 Å². The summed E-state index contributed by atoms with van der Waals surface area (Å²) in [6, 6.07) is 6.20. The number of anilines is 2. The van der Waals surface area contributed by atoms with Crippen molar-refractivity contribution in [2.24, 2.45) is 11.3 Å². The number of nitrogens with two attached hydrogens (primary N) is 1. The first kappa shape index (κ1) is 18.1. The van der Waals surface area contributed by atoms with E-state index in [0.717, 1.165) is 18.8 Å². The summed E-state index contributed by atoms with van der Waals surface area (Å²) in [4.78, 5) is 14.5. The maximum absolute atomic E-state index is 12.0. The van der Waals surface area contributed by atoms with Gasteiger partial charge in [0.05, 0.1) is 0 Å². The number of carbonyl (C=O) groups is 1. The average molecular weight is 344 g/mol. The zero-order valence-corrected chi connectivity index (χ0v) is 16.1. The van der Waals surface area contributed by atoms with Crippen LogP contribution in [0.3, 0.4) is 0 Å². The van der Waals surface area contributed by atoms with Crippen LogP contribution in [0.5, 0.6) is 0 Å². The molecular weight excluding hydrogens is 312 g/mol. The summed E-state index contributed by atoms with van der Waals surface area (Å²) < 4.78 is 5.46. The number of esters is 1. The Morgan fingerprint density at radius 1 is 1.28 bits per heavy atom. The number of benzene rings is 1. The van der Waals surface area contributed by atoms with Gasteiger partial charge in [-0.1, -0.05) is 0 Å². The van der Waals surface area contributed by atoms with Crippen molar-refractivity contribution in [1.82, 2.24) is 0 Å². The highest BCUT2D eigenvalue weighted by Crippen LogP contribution is 2.54. The minimum absolute atomic E-state index is 0.0396. The number of ether oxygens (including phenoxy) is 1. The molecule has 4 heteroatoms. The maximum Gasteiger partial charge on any atom is 0.306 e. The summed E-state index contributed by atoms with van der Waals surface area (Å²) in [5, 5.41) is 0. The molecule has 1 saturated heterocycles. The predicted octanol–water partition coefficient (Wildman–Crippen LogP) is 4.31. The SMILES string of the molecule is Cc1cc(N)ccc1N1CCC2(CC1)CC(CC(=O)OC(C)(C)C)C2. The van der Waals surface area contributed by atoms with Crippen molar-refractivity contribution < 1.29 is 9.53 Å². The fourth-order valence-electron chi connectivity index (χ4n) is 4.59. The molecule has 4 nitrogen and oxygen atoms in total. The average Bonchev–Trinajstić information content (AvgIpc) is 2.45. The normalized spacial score (nSPS) is 20.4. The molecule has 1 heterocycles. The smallest absolute Gasteiger partial charge is 0.306 e. The first-order valence-electron chi connectivity index (χ1n) is 9.49. The largest absolute Gasteiger partial charge is 0.460 e. The third kappa shape index (κ3) is 4.28. The van der Waals surface area contributed by atoms with Crippen LogP contribution in [-0.4, -0.2) is 24.7 Å². The Hall–Kier alpha value is -1.71. The molecular formula is C21H32N2O2. The van der Waals surface area contributed by atoms with Gasteiger partial charge in [0, 0.05) is 30.9 Å². The Morgan fingerprint density at radius 2 is 1.92 bits per heavy atom. The van der Waals surface area contributed by atoms with Gasteiger partial charge >= 0.3 is 5.97 Å². The van der Waals surface area contributed by atoms with Crippen molar-refractivity contribution in [1.29, 1.82) is 0 Å². The molecule has 1 aliphatic carbocycles. The zero-order valence-electron chi connectivity index (χ0n) is 16.1. The summed E-state index contributed by atoms with van der Waals surface area (Å²) in [5.74, 6) is 0.474. The molecule has 138 valence electrons. The molecule has 2 aliphatic rings. The number of hydrogen-bond acceptors (Lipinski definition) is 4. The molecule has 0 amide bonds. The number of hydrogen-bond donors (Lipinski definition) is 1. The quantitative estimate of drug-likeness (QED) is 0.656. The van der Waals surface area contributed by atoms with Gasteiger partial charge < -0.3 is 15.4 Å². The van der Waals surface area contributed by atoms with Gasteiger partial charge in [-0.3, -0.25) is 4.79 Å². The lowest BCUT2D eigenvalue weighted by atomic mass is 9.57. The second-order valence-electron chi connectivity index (χ2n) is 9.10. The van der Waals surface area contributed by atoms with E-state index in [4.69, 9.17) is 10.5 Å². The molecule has 1 saturated carbocycles. The van der Waals surface area contributed by atoms with E-state index >= 15 is 0 Å². The maximum atomic E-state index is 12.0. The Kier molecular flexibility index (Phi) is 4.74. The molecule has 2 N–H and O–H groups in total. The predicted molar refractivity (Wildman–Crippen MR) is 103 cm³/mol. The lowest BCUT2D eigenvalue weighted by molar-refractivity contribution is -0.158. The van der Waals surface area contributed by atoms with E-state index in [0.29, 0.717) is 17.8 Å². The second-order valence-corrected chi connectivity index (χ2v) is 9.10. The van der Waals surface area contributed by atoms with Crippen molar-refractivity contribution in [3.63, 3.8) is 0 Å². The lowest BCUT2D eigenvalue weighted by Crippen LogP contribution is -2.48. The molecule has 3 rings (SSSR count). The van der Waals surface area contributed by atoms with E-state index in [1.165, 1.54) is 36.9 Å². The van der Waals surface area contributed by atoms with Crippen LogP contribution in [0.2, 0.25) is 0 Å². The van der Waals surface area contributed by atoms with Crippen molar-refractivity contribution in [2.45, 2.75) is 65.4 Å². The van der Waals surface area contributed by atoms with Crippen LogP contribution in [0, 0.1) is 18.3 Å². The molecule has 1 aliphatic heterocycles. The summed E-state index contributed by atoms with van der Waals surface area (Å²) >= 11 is 0. The molecule has 0 atom stereocenters. The zero-order chi connectivity index (χ0) is 18.2. The minimum Gasteiger partial charge on any atom is -0.460 e. The number of rotatable bonds is 3. The molecule has 0 unspecified atom stereocenters. The Labute approximate surface area is 151 Å². The first-order chi connectivity index (χ1) is 11.7. The molecule has 2 fully saturated rings. The highest BCUT2D eigenvalue weighted by molar-refractivity contribution is 5.70.